The fraction of sp³-hybridized carbons (Fsp3) is 0.538. The first-order chi connectivity index (χ1) is 6.49. The lowest BCUT2D eigenvalue weighted by Crippen LogP contribution is -2.11. The van der Waals surface area contributed by atoms with Crippen LogP contribution in [0.2, 0.25) is 0 Å². The highest BCUT2D eigenvalue weighted by molar-refractivity contribution is 5.53. The van der Waals surface area contributed by atoms with Gasteiger partial charge in [0.25, 0.3) is 0 Å². The monoisotopic (exact) mass is 191 g/mol. The minimum Gasteiger partial charge on any atom is -0.388 e. The molecule has 1 N–H and O–H groups in total. The zero-order chi connectivity index (χ0) is 10.8. The summed E-state index contributed by atoms with van der Waals surface area (Å²) in [6.45, 7) is 8.95. The largest absolute Gasteiger partial charge is 0.388 e. The zero-order valence-electron chi connectivity index (χ0n) is 9.94. The van der Waals surface area contributed by atoms with Crippen LogP contribution in [0.25, 0.3) is 0 Å². The van der Waals surface area contributed by atoms with Crippen LogP contribution in [0.5, 0.6) is 0 Å². The highest BCUT2D eigenvalue weighted by Crippen LogP contribution is 2.26. The second-order valence-electron chi connectivity index (χ2n) is 4.73. The normalized spacial score (nSPS) is 11.5. The first-order valence-electron chi connectivity index (χ1n) is 5.30. The van der Waals surface area contributed by atoms with Gasteiger partial charge < -0.3 is 5.32 Å². The molecule has 14 heavy (non-hydrogen) atoms. The molecule has 0 heterocycles. The van der Waals surface area contributed by atoms with E-state index in [1.165, 1.54) is 16.8 Å². The average Bonchev–Trinajstić information content (AvgIpc) is 2.15. The molecule has 1 aromatic carbocycles. The maximum Gasteiger partial charge on any atom is 0.0370 e. The van der Waals surface area contributed by atoms with Gasteiger partial charge in [0, 0.05) is 12.7 Å². The Balaban J connectivity index is 3.14. The van der Waals surface area contributed by atoms with E-state index >= 15 is 0 Å². The van der Waals surface area contributed by atoms with Crippen LogP contribution in [-0.4, -0.2) is 7.05 Å². The molecule has 78 valence electrons. The number of benzene rings is 1. The summed E-state index contributed by atoms with van der Waals surface area (Å²) in [5.41, 5.74) is 4.31. The molecular weight excluding hydrogens is 170 g/mol. The lowest BCUT2D eigenvalue weighted by Gasteiger charge is -2.21. The van der Waals surface area contributed by atoms with Gasteiger partial charge in [0.15, 0.2) is 0 Å². The molecule has 0 fully saturated rings. The molecule has 0 amide bonds. The van der Waals surface area contributed by atoms with Crippen molar-refractivity contribution in [2.24, 2.45) is 0 Å². The Bertz CT molecular complexity index is 308. The molecule has 0 radical (unpaired) electrons. The number of anilines is 1. The first kappa shape index (κ1) is 11.1. The topological polar surface area (TPSA) is 12.0 Å². The predicted octanol–water partition coefficient (Wildman–Crippen LogP) is 3.59. The molecule has 0 saturated carbocycles. The smallest absolute Gasteiger partial charge is 0.0370 e. The molecule has 0 saturated heterocycles. The number of hydrogen-bond acceptors (Lipinski definition) is 1. The van der Waals surface area contributed by atoms with E-state index in [-0.39, 0.29) is 5.41 Å². The maximum atomic E-state index is 3.23. The molecule has 1 heteroatoms. The van der Waals surface area contributed by atoms with Crippen LogP contribution < -0.4 is 5.32 Å². The molecular formula is C13H21N. The van der Waals surface area contributed by atoms with Gasteiger partial charge in [-0.1, -0.05) is 39.8 Å². The van der Waals surface area contributed by atoms with Crippen molar-refractivity contribution in [3.8, 4) is 0 Å². The molecule has 1 aromatic rings. The third-order valence-corrected chi connectivity index (χ3v) is 2.62. The summed E-state index contributed by atoms with van der Waals surface area (Å²) >= 11 is 0. The third kappa shape index (κ3) is 2.28. The quantitative estimate of drug-likeness (QED) is 0.753. The molecule has 0 bridgehead atoms. The van der Waals surface area contributed by atoms with Gasteiger partial charge in [0.05, 0.1) is 0 Å². The van der Waals surface area contributed by atoms with Crippen LogP contribution in [-0.2, 0) is 11.8 Å². The Morgan fingerprint density at radius 2 is 1.86 bits per heavy atom. The van der Waals surface area contributed by atoms with Gasteiger partial charge in [-0.25, -0.2) is 0 Å². The SMILES string of the molecule is CCc1cc(C(C)(C)C)ccc1NC. The van der Waals surface area contributed by atoms with E-state index in [1.54, 1.807) is 0 Å². The second kappa shape index (κ2) is 4.04. The van der Waals surface area contributed by atoms with E-state index in [9.17, 15) is 0 Å². The molecule has 0 aliphatic carbocycles. The molecule has 0 aliphatic rings. The highest BCUT2D eigenvalue weighted by Gasteiger charge is 2.14. The summed E-state index contributed by atoms with van der Waals surface area (Å²) in [4.78, 5) is 0. The van der Waals surface area contributed by atoms with E-state index in [1.807, 2.05) is 7.05 Å². The summed E-state index contributed by atoms with van der Waals surface area (Å²) < 4.78 is 0. The van der Waals surface area contributed by atoms with Crippen molar-refractivity contribution in [3.63, 3.8) is 0 Å². The van der Waals surface area contributed by atoms with Gasteiger partial charge in [0.2, 0.25) is 0 Å². The highest BCUT2D eigenvalue weighted by atomic mass is 14.8. The van der Waals surface area contributed by atoms with E-state index in [4.69, 9.17) is 0 Å². The van der Waals surface area contributed by atoms with Crippen LogP contribution in [0.3, 0.4) is 0 Å². The van der Waals surface area contributed by atoms with Crippen molar-refractivity contribution in [1.29, 1.82) is 0 Å². The average molecular weight is 191 g/mol. The van der Waals surface area contributed by atoms with E-state index in [2.05, 4.69) is 51.2 Å². The Morgan fingerprint density at radius 3 is 2.29 bits per heavy atom. The molecule has 0 spiro atoms. The lowest BCUT2D eigenvalue weighted by atomic mass is 9.85. The molecule has 1 nitrogen and oxygen atoms in total. The Hall–Kier alpha value is -0.980. The number of aryl methyl sites for hydroxylation is 1. The minimum atomic E-state index is 0.246. The van der Waals surface area contributed by atoms with Crippen molar-refractivity contribution in [2.75, 3.05) is 12.4 Å². The van der Waals surface area contributed by atoms with Gasteiger partial charge in [-0.05, 0) is 29.0 Å². The van der Waals surface area contributed by atoms with Crippen molar-refractivity contribution in [2.45, 2.75) is 39.5 Å². The Morgan fingerprint density at radius 1 is 1.21 bits per heavy atom. The number of rotatable bonds is 2. The zero-order valence-corrected chi connectivity index (χ0v) is 9.94. The van der Waals surface area contributed by atoms with Crippen LogP contribution in [0.4, 0.5) is 5.69 Å². The summed E-state index contributed by atoms with van der Waals surface area (Å²) in [6.07, 6.45) is 1.08. The van der Waals surface area contributed by atoms with Crippen molar-refractivity contribution < 1.29 is 0 Å². The Labute approximate surface area is 87.5 Å². The van der Waals surface area contributed by atoms with Crippen LogP contribution in [0.15, 0.2) is 18.2 Å². The van der Waals surface area contributed by atoms with Gasteiger partial charge in [-0.15, -0.1) is 0 Å². The lowest BCUT2D eigenvalue weighted by molar-refractivity contribution is 0.589. The van der Waals surface area contributed by atoms with Crippen molar-refractivity contribution in [3.05, 3.63) is 29.3 Å². The van der Waals surface area contributed by atoms with Gasteiger partial charge in [-0.3, -0.25) is 0 Å². The fourth-order valence-corrected chi connectivity index (χ4v) is 1.60. The van der Waals surface area contributed by atoms with Gasteiger partial charge in [-0.2, -0.15) is 0 Å². The Kier molecular flexibility index (Phi) is 3.20. The van der Waals surface area contributed by atoms with Crippen molar-refractivity contribution in [1.82, 2.24) is 0 Å². The van der Waals surface area contributed by atoms with Gasteiger partial charge in [0.1, 0.15) is 0 Å². The van der Waals surface area contributed by atoms with Gasteiger partial charge >= 0.3 is 0 Å². The fourth-order valence-electron chi connectivity index (χ4n) is 1.60. The summed E-state index contributed by atoms with van der Waals surface area (Å²) in [5.74, 6) is 0. The van der Waals surface area contributed by atoms with E-state index in [0.717, 1.165) is 6.42 Å². The van der Waals surface area contributed by atoms with Crippen LogP contribution in [0, 0.1) is 0 Å². The minimum absolute atomic E-state index is 0.246. The number of hydrogen-bond donors (Lipinski definition) is 1. The van der Waals surface area contributed by atoms with E-state index in [0.29, 0.717) is 0 Å². The molecule has 0 unspecified atom stereocenters. The molecule has 0 aliphatic heterocycles. The van der Waals surface area contributed by atoms with Crippen LogP contribution in [0.1, 0.15) is 38.8 Å². The predicted molar refractivity (Wildman–Crippen MR) is 64.1 cm³/mol. The first-order valence-corrected chi connectivity index (χ1v) is 5.30. The molecule has 1 rings (SSSR count). The third-order valence-electron chi connectivity index (χ3n) is 2.62. The molecule has 0 atom stereocenters. The van der Waals surface area contributed by atoms with Crippen LogP contribution >= 0.6 is 0 Å². The molecule has 0 aromatic heterocycles. The van der Waals surface area contributed by atoms with Crippen molar-refractivity contribution >= 4 is 5.69 Å². The summed E-state index contributed by atoms with van der Waals surface area (Å²) in [7, 11) is 1.98. The van der Waals surface area contributed by atoms with E-state index < -0.39 is 0 Å². The second-order valence-corrected chi connectivity index (χ2v) is 4.73. The summed E-state index contributed by atoms with van der Waals surface area (Å²) in [5, 5.41) is 3.23. The number of nitrogens with one attached hydrogen (secondary N) is 1. The maximum absolute atomic E-state index is 3.23. The summed E-state index contributed by atoms with van der Waals surface area (Å²) in [6, 6.07) is 6.70. The standard InChI is InChI=1S/C13H21N/c1-6-10-9-11(13(2,3)4)7-8-12(10)14-5/h7-9,14H,6H2,1-5H3.